The molecule has 6 heteroatoms. The van der Waals surface area contributed by atoms with E-state index < -0.39 is 11.6 Å². The van der Waals surface area contributed by atoms with E-state index in [1.54, 1.807) is 18.2 Å². The lowest BCUT2D eigenvalue weighted by Gasteiger charge is -2.09. The Morgan fingerprint density at radius 1 is 1.03 bits per heavy atom. The maximum Gasteiger partial charge on any atom is 0.339 e. The number of fused-ring (bicyclic) bond motifs is 1. The van der Waals surface area contributed by atoms with Gasteiger partial charge >= 0.3 is 11.6 Å². The Morgan fingerprint density at radius 3 is 2.53 bits per heavy atom. The minimum atomic E-state index is -0.540. The fourth-order valence-corrected chi connectivity index (χ4v) is 3.35. The van der Waals surface area contributed by atoms with Crippen molar-refractivity contribution < 1.29 is 23.5 Å². The molecule has 1 heterocycles. The van der Waals surface area contributed by atoms with E-state index in [0.717, 1.165) is 22.1 Å². The molecule has 0 saturated carbocycles. The van der Waals surface area contributed by atoms with Crippen molar-refractivity contribution in [3.8, 4) is 5.75 Å². The van der Waals surface area contributed by atoms with Gasteiger partial charge in [0.2, 0.25) is 5.78 Å². The van der Waals surface area contributed by atoms with Crippen LogP contribution in [0.25, 0.3) is 11.0 Å². The first kappa shape index (κ1) is 21.3. The number of carbonyl (C=O) groups excluding carboxylic acids is 2. The van der Waals surface area contributed by atoms with E-state index in [1.807, 2.05) is 39.0 Å². The minimum Gasteiger partial charge on any atom is -0.497 e. The second-order valence-electron chi connectivity index (χ2n) is 7.26. The lowest BCUT2D eigenvalue weighted by Crippen LogP contribution is -2.17. The maximum atomic E-state index is 12.4. The van der Waals surface area contributed by atoms with Crippen LogP contribution in [-0.2, 0) is 16.0 Å². The van der Waals surface area contributed by atoms with Crippen molar-refractivity contribution in [1.29, 1.82) is 0 Å². The summed E-state index contributed by atoms with van der Waals surface area (Å²) in [5, 5.41) is 0.781. The smallest absolute Gasteiger partial charge is 0.339 e. The number of benzene rings is 2. The van der Waals surface area contributed by atoms with Gasteiger partial charge < -0.3 is 13.9 Å². The van der Waals surface area contributed by atoms with E-state index in [4.69, 9.17) is 13.9 Å². The number of methoxy groups -OCH3 is 1. The van der Waals surface area contributed by atoms with Crippen LogP contribution in [0.3, 0.4) is 0 Å². The molecule has 0 fully saturated rings. The van der Waals surface area contributed by atoms with Crippen LogP contribution in [0.2, 0.25) is 0 Å². The Hall–Kier alpha value is -3.41. The molecule has 0 saturated heterocycles. The molecule has 1 aromatic heterocycles. The van der Waals surface area contributed by atoms with Gasteiger partial charge in [-0.25, -0.2) is 4.79 Å². The molecule has 0 N–H and O–H groups in total. The number of ketones is 1. The van der Waals surface area contributed by atoms with Gasteiger partial charge in [0.05, 0.1) is 7.11 Å². The molecule has 3 aromatic rings. The molecule has 0 unspecified atom stereocenters. The maximum absolute atomic E-state index is 12.4. The second-order valence-corrected chi connectivity index (χ2v) is 7.26. The highest BCUT2D eigenvalue weighted by molar-refractivity contribution is 5.99. The van der Waals surface area contributed by atoms with Gasteiger partial charge in [-0.2, -0.15) is 0 Å². The molecule has 0 amide bonds. The summed E-state index contributed by atoms with van der Waals surface area (Å²) < 4.78 is 15.7. The van der Waals surface area contributed by atoms with Gasteiger partial charge in [-0.05, 0) is 56.5 Å². The molecular formula is C24H24O6. The summed E-state index contributed by atoms with van der Waals surface area (Å²) in [4.78, 5) is 36.9. The van der Waals surface area contributed by atoms with Crippen molar-refractivity contribution >= 4 is 22.7 Å². The first-order chi connectivity index (χ1) is 14.3. The SMILES string of the molecule is COc1ccc2c(C)c(CCC(=O)OCC(=O)c3cc(C)ccc3C)c(=O)oc2c1. The Balaban J connectivity index is 1.66. The molecule has 30 heavy (non-hydrogen) atoms. The number of esters is 1. The minimum absolute atomic E-state index is 0.0205. The molecule has 156 valence electrons. The predicted molar refractivity (Wildman–Crippen MR) is 113 cm³/mol. The Morgan fingerprint density at radius 2 is 1.80 bits per heavy atom. The van der Waals surface area contributed by atoms with Crippen LogP contribution in [-0.4, -0.2) is 25.5 Å². The average molecular weight is 408 g/mol. The summed E-state index contributed by atoms with van der Waals surface area (Å²) in [7, 11) is 1.54. The normalized spacial score (nSPS) is 10.8. The molecule has 3 rings (SSSR count). The average Bonchev–Trinajstić information content (AvgIpc) is 2.73. The zero-order valence-corrected chi connectivity index (χ0v) is 17.5. The number of ether oxygens (including phenoxy) is 2. The topological polar surface area (TPSA) is 82.8 Å². The van der Waals surface area contributed by atoms with Gasteiger partial charge in [0.25, 0.3) is 0 Å². The number of aryl methyl sites for hydroxylation is 3. The number of hydrogen-bond donors (Lipinski definition) is 0. The molecule has 0 spiro atoms. The summed E-state index contributed by atoms with van der Waals surface area (Å²) >= 11 is 0. The number of Topliss-reactive ketones (excluding diaryl/α,β-unsaturated/α-hetero) is 1. The third-order valence-corrected chi connectivity index (χ3v) is 5.13. The zero-order chi connectivity index (χ0) is 21.8. The van der Waals surface area contributed by atoms with Crippen LogP contribution in [0.5, 0.6) is 5.75 Å². The van der Waals surface area contributed by atoms with Gasteiger partial charge in [0.1, 0.15) is 11.3 Å². The van der Waals surface area contributed by atoms with E-state index in [2.05, 4.69) is 0 Å². The predicted octanol–water partition coefficient (Wildman–Crippen LogP) is 4.09. The van der Waals surface area contributed by atoms with E-state index in [1.165, 1.54) is 7.11 Å². The zero-order valence-electron chi connectivity index (χ0n) is 17.5. The largest absolute Gasteiger partial charge is 0.497 e. The van der Waals surface area contributed by atoms with Crippen molar-refractivity contribution in [1.82, 2.24) is 0 Å². The van der Waals surface area contributed by atoms with Crippen LogP contribution in [0, 0.1) is 20.8 Å². The molecule has 6 nitrogen and oxygen atoms in total. The van der Waals surface area contributed by atoms with Crippen LogP contribution in [0.1, 0.15) is 39.0 Å². The van der Waals surface area contributed by atoms with Crippen LogP contribution >= 0.6 is 0 Å². The van der Waals surface area contributed by atoms with E-state index in [0.29, 0.717) is 22.5 Å². The lowest BCUT2D eigenvalue weighted by atomic mass is 10.0. The molecule has 0 aliphatic rings. The van der Waals surface area contributed by atoms with Crippen molar-refractivity contribution in [2.75, 3.05) is 13.7 Å². The number of hydrogen-bond acceptors (Lipinski definition) is 6. The molecule has 0 aliphatic carbocycles. The first-order valence-electron chi connectivity index (χ1n) is 9.66. The fourth-order valence-electron chi connectivity index (χ4n) is 3.35. The molecule has 2 aromatic carbocycles. The van der Waals surface area contributed by atoms with Crippen LogP contribution in [0.4, 0.5) is 0 Å². The molecule has 0 atom stereocenters. The van der Waals surface area contributed by atoms with Crippen molar-refractivity contribution in [3.63, 3.8) is 0 Å². The highest BCUT2D eigenvalue weighted by Crippen LogP contribution is 2.24. The Labute approximate surface area is 174 Å². The summed E-state index contributed by atoms with van der Waals surface area (Å²) in [6.45, 7) is 5.23. The first-order valence-corrected chi connectivity index (χ1v) is 9.66. The van der Waals surface area contributed by atoms with Crippen molar-refractivity contribution in [3.05, 3.63) is 74.6 Å². The summed E-state index contributed by atoms with van der Waals surface area (Å²) in [5.41, 5.74) is 3.46. The number of carbonyl (C=O) groups is 2. The Kier molecular flexibility index (Phi) is 6.35. The van der Waals surface area contributed by atoms with Gasteiger partial charge in [-0.15, -0.1) is 0 Å². The second kappa shape index (κ2) is 8.95. The molecule has 0 aliphatic heterocycles. The van der Waals surface area contributed by atoms with Crippen molar-refractivity contribution in [2.45, 2.75) is 33.6 Å². The van der Waals surface area contributed by atoms with E-state index >= 15 is 0 Å². The molecule has 0 bridgehead atoms. The highest BCUT2D eigenvalue weighted by atomic mass is 16.5. The van der Waals surface area contributed by atoms with E-state index in [-0.39, 0.29) is 25.2 Å². The van der Waals surface area contributed by atoms with Gasteiger partial charge in [0.15, 0.2) is 6.61 Å². The monoisotopic (exact) mass is 408 g/mol. The lowest BCUT2D eigenvalue weighted by molar-refractivity contribution is -0.142. The van der Waals surface area contributed by atoms with Crippen LogP contribution < -0.4 is 10.4 Å². The van der Waals surface area contributed by atoms with Gasteiger partial charge in [-0.3, -0.25) is 9.59 Å². The van der Waals surface area contributed by atoms with Gasteiger partial charge in [-0.1, -0.05) is 17.7 Å². The third kappa shape index (κ3) is 4.59. The summed E-state index contributed by atoms with van der Waals surface area (Å²) in [5.74, 6) is -0.197. The quantitative estimate of drug-likeness (QED) is 0.333. The van der Waals surface area contributed by atoms with Crippen molar-refractivity contribution in [2.24, 2.45) is 0 Å². The van der Waals surface area contributed by atoms with E-state index in [9.17, 15) is 14.4 Å². The molecular weight excluding hydrogens is 384 g/mol. The fraction of sp³-hybridized carbons (Fsp3) is 0.292. The third-order valence-electron chi connectivity index (χ3n) is 5.13. The summed E-state index contributed by atoms with van der Waals surface area (Å²) in [6.07, 6.45) is 0.153. The standard InChI is InChI=1S/C24H24O6/c1-14-5-6-15(2)20(11-14)21(25)13-29-23(26)10-9-19-16(3)18-8-7-17(28-4)12-22(18)30-24(19)27/h5-8,11-12H,9-10,13H2,1-4H3. The highest BCUT2D eigenvalue weighted by Gasteiger charge is 2.16. The summed E-state index contributed by atoms with van der Waals surface area (Å²) in [6, 6.07) is 10.8. The van der Waals surface area contributed by atoms with Gasteiger partial charge in [0, 0.05) is 29.0 Å². The Bertz CT molecular complexity index is 1170. The number of rotatable bonds is 7. The molecule has 0 radical (unpaired) electrons. The van der Waals surface area contributed by atoms with Crippen LogP contribution in [0.15, 0.2) is 45.6 Å².